The van der Waals surface area contributed by atoms with Crippen LogP contribution in [-0.4, -0.2) is 36.0 Å². The van der Waals surface area contributed by atoms with Crippen molar-refractivity contribution >= 4 is 16.8 Å². The van der Waals surface area contributed by atoms with E-state index in [9.17, 15) is 4.79 Å². The van der Waals surface area contributed by atoms with Crippen LogP contribution >= 0.6 is 0 Å². The first-order chi connectivity index (χ1) is 9.13. The number of hydrogen-bond donors (Lipinski definition) is 1. The third-order valence-electron chi connectivity index (χ3n) is 3.27. The molecule has 0 aliphatic carbocycles. The van der Waals surface area contributed by atoms with Gasteiger partial charge in [-0.2, -0.15) is 0 Å². The van der Waals surface area contributed by atoms with Gasteiger partial charge in [0.25, 0.3) is 0 Å². The highest BCUT2D eigenvalue weighted by atomic mass is 16.2. The summed E-state index contributed by atoms with van der Waals surface area (Å²) in [6, 6.07) is 8.33. The SMILES string of the molecule is CCNCc1cccc2c1ccn2CC(=O)N(C)C. The number of carbonyl (C=O) groups excluding carboxylic acids is 1. The fourth-order valence-electron chi connectivity index (χ4n) is 2.13. The lowest BCUT2D eigenvalue weighted by Gasteiger charge is -2.12. The molecule has 0 aliphatic rings. The van der Waals surface area contributed by atoms with E-state index in [1.165, 1.54) is 10.9 Å². The van der Waals surface area contributed by atoms with E-state index in [1.807, 2.05) is 16.8 Å². The summed E-state index contributed by atoms with van der Waals surface area (Å²) in [7, 11) is 3.56. The highest BCUT2D eigenvalue weighted by molar-refractivity contribution is 5.85. The van der Waals surface area contributed by atoms with Gasteiger partial charge in [0.2, 0.25) is 5.91 Å². The van der Waals surface area contributed by atoms with Gasteiger partial charge in [0.1, 0.15) is 6.54 Å². The maximum Gasteiger partial charge on any atom is 0.241 e. The number of benzene rings is 1. The molecule has 1 aromatic heterocycles. The molecule has 0 saturated carbocycles. The molecule has 1 heterocycles. The molecule has 4 nitrogen and oxygen atoms in total. The smallest absolute Gasteiger partial charge is 0.241 e. The Bertz CT molecular complexity index is 572. The van der Waals surface area contributed by atoms with Gasteiger partial charge in [0.15, 0.2) is 0 Å². The van der Waals surface area contributed by atoms with Crippen LogP contribution in [0, 0.1) is 0 Å². The van der Waals surface area contributed by atoms with Crippen LogP contribution in [0.4, 0.5) is 0 Å². The summed E-state index contributed by atoms with van der Waals surface area (Å²) in [4.78, 5) is 13.4. The van der Waals surface area contributed by atoms with Gasteiger partial charge in [-0.25, -0.2) is 0 Å². The van der Waals surface area contributed by atoms with Crippen molar-refractivity contribution in [2.24, 2.45) is 0 Å². The predicted molar refractivity (Wildman–Crippen MR) is 78.0 cm³/mol. The molecule has 1 N–H and O–H groups in total. The lowest BCUT2D eigenvalue weighted by Crippen LogP contribution is -2.25. The number of rotatable bonds is 5. The van der Waals surface area contributed by atoms with E-state index in [1.54, 1.807) is 19.0 Å². The maximum absolute atomic E-state index is 11.8. The van der Waals surface area contributed by atoms with Crippen LogP contribution < -0.4 is 5.32 Å². The minimum absolute atomic E-state index is 0.106. The highest BCUT2D eigenvalue weighted by Gasteiger charge is 2.09. The Balaban J connectivity index is 2.30. The largest absolute Gasteiger partial charge is 0.347 e. The monoisotopic (exact) mass is 259 g/mol. The molecule has 0 bridgehead atoms. The summed E-state index contributed by atoms with van der Waals surface area (Å²) in [6.07, 6.45) is 1.99. The van der Waals surface area contributed by atoms with E-state index in [0.29, 0.717) is 6.54 Å². The second-order valence-electron chi connectivity index (χ2n) is 4.86. The Kier molecular flexibility index (Phi) is 4.22. The van der Waals surface area contributed by atoms with Crippen molar-refractivity contribution in [1.82, 2.24) is 14.8 Å². The van der Waals surface area contributed by atoms with Crippen molar-refractivity contribution in [3.63, 3.8) is 0 Å². The second-order valence-corrected chi connectivity index (χ2v) is 4.86. The first-order valence-corrected chi connectivity index (χ1v) is 6.61. The fraction of sp³-hybridized carbons (Fsp3) is 0.400. The number of likely N-dealkylation sites (N-methyl/N-ethyl adjacent to an activating group) is 1. The highest BCUT2D eigenvalue weighted by Crippen LogP contribution is 2.20. The summed E-state index contributed by atoms with van der Waals surface area (Å²) in [5.41, 5.74) is 2.39. The Morgan fingerprint density at radius 1 is 1.32 bits per heavy atom. The first kappa shape index (κ1) is 13.6. The molecular formula is C15H21N3O. The summed E-state index contributed by atoms with van der Waals surface area (Å²) in [6.45, 7) is 4.30. The summed E-state index contributed by atoms with van der Waals surface area (Å²) in [5, 5.41) is 4.56. The van der Waals surface area contributed by atoms with Crippen LogP contribution in [0.2, 0.25) is 0 Å². The molecule has 2 aromatic rings. The minimum atomic E-state index is 0.106. The van der Waals surface area contributed by atoms with Crippen LogP contribution in [-0.2, 0) is 17.9 Å². The van der Waals surface area contributed by atoms with Gasteiger partial charge in [-0.05, 0) is 24.2 Å². The van der Waals surface area contributed by atoms with Gasteiger partial charge in [0, 0.05) is 37.7 Å². The quantitative estimate of drug-likeness (QED) is 0.889. The molecule has 0 fully saturated rings. The summed E-state index contributed by atoms with van der Waals surface area (Å²) in [5.74, 6) is 0.106. The molecule has 0 saturated heterocycles. The molecule has 0 aliphatic heterocycles. The van der Waals surface area contributed by atoms with Crippen LogP contribution in [0.5, 0.6) is 0 Å². The van der Waals surface area contributed by atoms with Crippen molar-refractivity contribution in [2.45, 2.75) is 20.0 Å². The minimum Gasteiger partial charge on any atom is -0.347 e. The molecule has 19 heavy (non-hydrogen) atoms. The van der Waals surface area contributed by atoms with Crippen LogP contribution in [0.1, 0.15) is 12.5 Å². The van der Waals surface area contributed by atoms with Gasteiger partial charge in [-0.3, -0.25) is 4.79 Å². The molecule has 1 aromatic carbocycles. The van der Waals surface area contributed by atoms with E-state index in [2.05, 4.69) is 30.4 Å². The third kappa shape index (κ3) is 2.96. The van der Waals surface area contributed by atoms with E-state index in [-0.39, 0.29) is 5.91 Å². The Labute approximate surface area is 114 Å². The number of amides is 1. The molecule has 0 unspecified atom stereocenters. The zero-order valence-corrected chi connectivity index (χ0v) is 11.8. The van der Waals surface area contributed by atoms with Gasteiger partial charge < -0.3 is 14.8 Å². The molecule has 2 rings (SSSR count). The fourth-order valence-corrected chi connectivity index (χ4v) is 2.13. The Morgan fingerprint density at radius 3 is 2.79 bits per heavy atom. The summed E-state index contributed by atoms with van der Waals surface area (Å²) >= 11 is 0. The number of fused-ring (bicyclic) bond motifs is 1. The third-order valence-corrected chi connectivity index (χ3v) is 3.27. The van der Waals surface area contributed by atoms with Gasteiger partial charge >= 0.3 is 0 Å². The van der Waals surface area contributed by atoms with E-state index < -0.39 is 0 Å². The van der Waals surface area contributed by atoms with Gasteiger partial charge in [-0.15, -0.1) is 0 Å². The van der Waals surface area contributed by atoms with Crippen molar-refractivity contribution in [2.75, 3.05) is 20.6 Å². The maximum atomic E-state index is 11.8. The Hall–Kier alpha value is -1.81. The second kappa shape index (κ2) is 5.89. The molecule has 4 heteroatoms. The number of nitrogens with zero attached hydrogens (tertiary/aromatic N) is 2. The molecule has 1 amide bonds. The molecule has 0 radical (unpaired) electrons. The van der Waals surface area contributed by atoms with Gasteiger partial charge in [-0.1, -0.05) is 19.1 Å². The zero-order valence-electron chi connectivity index (χ0n) is 11.8. The lowest BCUT2D eigenvalue weighted by atomic mass is 10.1. The average Bonchev–Trinajstić information content (AvgIpc) is 2.80. The van der Waals surface area contributed by atoms with Crippen LogP contribution in [0.25, 0.3) is 10.9 Å². The Morgan fingerprint density at radius 2 is 2.11 bits per heavy atom. The topological polar surface area (TPSA) is 37.3 Å². The summed E-state index contributed by atoms with van der Waals surface area (Å²) < 4.78 is 2.01. The van der Waals surface area contributed by atoms with Crippen LogP contribution in [0.15, 0.2) is 30.5 Å². The number of carbonyl (C=O) groups is 1. The normalized spacial score (nSPS) is 10.9. The number of nitrogens with one attached hydrogen (secondary N) is 1. The van der Waals surface area contributed by atoms with E-state index >= 15 is 0 Å². The standard InChI is InChI=1S/C15H21N3O/c1-4-16-10-12-6-5-7-14-13(12)8-9-18(14)11-15(19)17(2)3/h5-9,16H,4,10-11H2,1-3H3. The van der Waals surface area contributed by atoms with Crippen molar-refractivity contribution < 1.29 is 4.79 Å². The van der Waals surface area contributed by atoms with Crippen molar-refractivity contribution in [1.29, 1.82) is 0 Å². The average molecular weight is 259 g/mol. The van der Waals surface area contributed by atoms with E-state index in [4.69, 9.17) is 0 Å². The van der Waals surface area contributed by atoms with Crippen LogP contribution in [0.3, 0.4) is 0 Å². The number of hydrogen-bond acceptors (Lipinski definition) is 2. The van der Waals surface area contributed by atoms with Crippen molar-refractivity contribution in [3.05, 3.63) is 36.0 Å². The van der Waals surface area contributed by atoms with Crippen molar-refractivity contribution in [3.8, 4) is 0 Å². The molecule has 102 valence electrons. The molecular weight excluding hydrogens is 238 g/mol. The zero-order chi connectivity index (χ0) is 13.8. The van der Waals surface area contributed by atoms with Gasteiger partial charge in [0.05, 0.1) is 0 Å². The predicted octanol–water partition coefficient (Wildman–Crippen LogP) is 1.84. The molecule has 0 spiro atoms. The molecule has 0 atom stereocenters. The first-order valence-electron chi connectivity index (χ1n) is 6.61. The number of aromatic nitrogens is 1. The lowest BCUT2D eigenvalue weighted by molar-refractivity contribution is -0.129. The van der Waals surface area contributed by atoms with E-state index in [0.717, 1.165) is 18.6 Å².